The van der Waals surface area contributed by atoms with E-state index in [4.69, 9.17) is 16.3 Å². The van der Waals surface area contributed by atoms with Gasteiger partial charge >= 0.3 is 0 Å². The summed E-state index contributed by atoms with van der Waals surface area (Å²) in [6, 6.07) is 4.11. The van der Waals surface area contributed by atoms with E-state index in [1.807, 2.05) is 0 Å². The van der Waals surface area contributed by atoms with E-state index in [1.54, 1.807) is 14.0 Å². The maximum Gasteiger partial charge on any atom is 0.275 e. The minimum absolute atomic E-state index is 0.00796. The number of amides is 2. The average Bonchev–Trinajstić information content (AvgIpc) is 2.47. The van der Waals surface area contributed by atoms with Crippen molar-refractivity contribution in [1.82, 2.24) is 10.7 Å². The van der Waals surface area contributed by atoms with E-state index in [1.165, 1.54) is 18.2 Å². The molecule has 2 amide bonds. The Labute approximate surface area is 133 Å². The zero-order chi connectivity index (χ0) is 16.5. The maximum absolute atomic E-state index is 11.9. The number of carbonyl (C=O) groups excluding carboxylic acids is 2. The number of phenolic OH excluding ortho intramolecular Hbond substituents is 1. The van der Waals surface area contributed by atoms with Crippen LogP contribution in [0.25, 0.3) is 0 Å². The molecule has 1 aromatic rings. The fourth-order valence-corrected chi connectivity index (χ4v) is 1.70. The number of methoxy groups -OCH3 is 1. The van der Waals surface area contributed by atoms with Gasteiger partial charge in [0.25, 0.3) is 5.91 Å². The number of halogens is 1. The molecule has 1 rings (SSSR count). The van der Waals surface area contributed by atoms with Gasteiger partial charge in [0.15, 0.2) is 0 Å². The average molecular weight is 328 g/mol. The van der Waals surface area contributed by atoms with Crippen molar-refractivity contribution in [2.45, 2.75) is 13.3 Å². The monoisotopic (exact) mass is 327 g/mol. The first-order valence-electron chi connectivity index (χ1n) is 6.51. The second-order valence-electron chi connectivity index (χ2n) is 4.47. The topological polar surface area (TPSA) is 100 Å². The molecule has 0 saturated carbocycles. The van der Waals surface area contributed by atoms with Gasteiger partial charge in [-0.25, -0.2) is 5.43 Å². The minimum atomic E-state index is -0.612. The van der Waals surface area contributed by atoms with Crippen LogP contribution in [0, 0.1) is 0 Å². The van der Waals surface area contributed by atoms with Crippen molar-refractivity contribution in [2.75, 3.05) is 20.3 Å². The highest BCUT2D eigenvalue weighted by Crippen LogP contribution is 2.21. The van der Waals surface area contributed by atoms with E-state index in [9.17, 15) is 14.7 Å². The third-order valence-electron chi connectivity index (χ3n) is 2.60. The van der Waals surface area contributed by atoms with Crippen LogP contribution < -0.4 is 10.7 Å². The van der Waals surface area contributed by atoms with Crippen molar-refractivity contribution in [3.63, 3.8) is 0 Å². The van der Waals surface area contributed by atoms with E-state index in [-0.39, 0.29) is 23.6 Å². The van der Waals surface area contributed by atoms with Crippen LogP contribution in [0.2, 0.25) is 5.02 Å². The predicted octanol–water partition coefficient (Wildman–Crippen LogP) is 1.30. The summed E-state index contributed by atoms with van der Waals surface area (Å²) in [5, 5.41) is 16.4. The standard InChI is InChI=1S/C14H18ClN3O4/c1-9(7-13(20)16-5-6-22-2)17-18-14(21)11-8-10(15)3-4-12(11)19/h3-4,8,19H,5-7H2,1-2H3,(H,16,20)(H,18,21)/b17-9+. The summed E-state index contributed by atoms with van der Waals surface area (Å²) >= 11 is 5.76. The quantitative estimate of drug-likeness (QED) is 0.399. The molecule has 0 aliphatic carbocycles. The van der Waals surface area contributed by atoms with Crippen LogP contribution >= 0.6 is 11.6 Å². The molecule has 0 radical (unpaired) electrons. The maximum atomic E-state index is 11.9. The summed E-state index contributed by atoms with van der Waals surface area (Å²) in [7, 11) is 1.54. The molecule has 0 heterocycles. The summed E-state index contributed by atoms with van der Waals surface area (Å²) in [5.74, 6) is -1.04. The third kappa shape index (κ3) is 6.11. The molecule has 0 spiro atoms. The van der Waals surface area contributed by atoms with Crippen LogP contribution in [0.5, 0.6) is 5.75 Å². The Hall–Kier alpha value is -2.12. The molecule has 0 bridgehead atoms. The Kier molecular flexibility index (Phi) is 7.34. The van der Waals surface area contributed by atoms with Crippen LogP contribution in [0.3, 0.4) is 0 Å². The van der Waals surface area contributed by atoms with Crippen molar-refractivity contribution in [3.05, 3.63) is 28.8 Å². The van der Waals surface area contributed by atoms with Gasteiger partial charge in [-0.05, 0) is 25.1 Å². The number of phenols is 1. The van der Waals surface area contributed by atoms with E-state index in [0.29, 0.717) is 23.9 Å². The highest BCUT2D eigenvalue weighted by molar-refractivity contribution is 6.31. The van der Waals surface area contributed by atoms with Gasteiger partial charge in [-0.3, -0.25) is 9.59 Å². The molecule has 0 fully saturated rings. The Morgan fingerprint density at radius 1 is 1.41 bits per heavy atom. The largest absolute Gasteiger partial charge is 0.507 e. The number of rotatable bonds is 7. The number of nitrogens with zero attached hydrogens (tertiary/aromatic N) is 1. The van der Waals surface area contributed by atoms with E-state index in [0.717, 1.165) is 0 Å². The molecule has 7 nitrogen and oxygen atoms in total. The zero-order valence-corrected chi connectivity index (χ0v) is 13.1. The lowest BCUT2D eigenvalue weighted by Gasteiger charge is -2.06. The first-order valence-corrected chi connectivity index (χ1v) is 6.89. The first-order chi connectivity index (χ1) is 10.4. The van der Waals surface area contributed by atoms with Gasteiger partial charge in [-0.2, -0.15) is 5.10 Å². The second kappa shape index (κ2) is 9.01. The molecular formula is C14H18ClN3O4. The Bertz CT molecular complexity index is 575. The first kappa shape index (κ1) is 17.9. The van der Waals surface area contributed by atoms with Gasteiger partial charge in [0.05, 0.1) is 18.6 Å². The smallest absolute Gasteiger partial charge is 0.275 e. The predicted molar refractivity (Wildman–Crippen MR) is 83.2 cm³/mol. The van der Waals surface area contributed by atoms with E-state index >= 15 is 0 Å². The van der Waals surface area contributed by atoms with Crippen LogP contribution in [-0.2, 0) is 9.53 Å². The molecule has 0 aromatic heterocycles. The summed E-state index contributed by atoms with van der Waals surface area (Å²) < 4.78 is 4.81. The van der Waals surface area contributed by atoms with Gasteiger partial charge in [-0.1, -0.05) is 11.6 Å². The van der Waals surface area contributed by atoms with Crippen molar-refractivity contribution in [2.24, 2.45) is 5.10 Å². The number of nitrogens with one attached hydrogen (secondary N) is 2. The van der Waals surface area contributed by atoms with Crippen molar-refractivity contribution >= 4 is 29.1 Å². The number of aromatic hydroxyl groups is 1. The molecule has 0 aliphatic heterocycles. The van der Waals surface area contributed by atoms with Crippen molar-refractivity contribution in [1.29, 1.82) is 0 Å². The highest BCUT2D eigenvalue weighted by atomic mass is 35.5. The zero-order valence-electron chi connectivity index (χ0n) is 12.4. The van der Waals surface area contributed by atoms with Crippen molar-refractivity contribution in [3.8, 4) is 5.75 Å². The van der Waals surface area contributed by atoms with Gasteiger partial charge in [0, 0.05) is 24.4 Å². The van der Waals surface area contributed by atoms with Crippen LogP contribution in [0.15, 0.2) is 23.3 Å². The Balaban J connectivity index is 2.54. The SMILES string of the molecule is COCCNC(=O)C/C(C)=N/NC(=O)c1cc(Cl)ccc1O. The van der Waals surface area contributed by atoms with Crippen molar-refractivity contribution < 1.29 is 19.4 Å². The molecule has 0 atom stereocenters. The molecular weight excluding hydrogens is 310 g/mol. The van der Waals surface area contributed by atoms with E-state index in [2.05, 4.69) is 15.8 Å². The molecule has 0 aliphatic rings. The lowest BCUT2D eigenvalue weighted by Crippen LogP contribution is -2.29. The summed E-state index contributed by atoms with van der Waals surface area (Å²) in [5.41, 5.74) is 2.69. The Morgan fingerprint density at radius 2 is 2.14 bits per heavy atom. The number of benzene rings is 1. The molecule has 3 N–H and O–H groups in total. The molecule has 0 saturated heterocycles. The normalized spacial score (nSPS) is 11.1. The number of hydrazone groups is 1. The van der Waals surface area contributed by atoms with Gasteiger partial charge in [0.2, 0.25) is 5.91 Å². The van der Waals surface area contributed by atoms with Crippen LogP contribution in [-0.4, -0.2) is 42.9 Å². The summed E-state index contributed by atoms with van der Waals surface area (Å²) in [6.07, 6.45) is 0.0471. The summed E-state index contributed by atoms with van der Waals surface area (Å²) in [4.78, 5) is 23.4. The highest BCUT2D eigenvalue weighted by Gasteiger charge is 2.11. The van der Waals surface area contributed by atoms with E-state index < -0.39 is 5.91 Å². The van der Waals surface area contributed by atoms with Gasteiger partial charge in [-0.15, -0.1) is 0 Å². The minimum Gasteiger partial charge on any atom is -0.507 e. The fraction of sp³-hybridized carbons (Fsp3) is 0.357. The fourth-order valence-electron chi connectivity index (χ4n) is 1.52. The molecule has 8 heteroatoms. The lowest BCUT2D eigenvalue weighted by molar-refractivity contribution is -0.120. The molecule has 1 aromatic carbocycles. The summed E-state index contributed by atoms with van der Waals surface area (Å²) in [6.45, 7) is 2.44. The molecule has 0 unspecified atom stereocenters. The Morgan fingerprint density at radius 3 is 2.82 bits per heavy atom. The molecule has 22 heavy (non-hydrogen) atoms. The van der Waals surface area contributed by atoms with Crippen LogP contribution in [0.1, 0.15) is 23.7 Å². The van der Waals surface area contributed by atoms with Crippen LogP contribution in [0.4, 0.5) is 0 Å². The van der Waals surface area contributed by atoms with Gasteiger partial charge in [0.1, 0.15) is 5.75 Å². The third-order valence-corrected chi connectivity index (χ3v) is 2.83. The van der Waals surface area contributed by atoms with Gasteiger partial charge < -0.3 is 15.2 Å². The second-order valence-corrected chi connectivity index (χ2v) is 4.91. The lowest BCUT2D eigenvalue weighted by atomic mass is 10.2. The molecule has 120 valence electrons. The number of hydrogen-bond acceptors (Lipinski definition) is 5. The number of carbonyl (C=O) groups is 2. The number of ether oxygens (including phenoxy) is 1. The number of hydrogen-bond donors (Lipinski definition) is 3.